The summed E-state index contributed by atoms with van der Waals surface area (Å²) >= 11 is 5.17. The van der Waals surface area contributed by atoms with Gasteiger partial charge in [0.1, 0.15) is 5.75 Å². The number of amides is 2. The smallest absolute Gasteiger partial charge is 0.264 e. The molecule has 0 aliphatic rings. The molecular weight excluding hydrogens is 426 g/mol. The number of anilines is 1. The Morgan fingerprint density at radius 1 is 1.07 bits per heavy atom. The van der Waals surface area contributed by atoms with Crippen LogP contribution in [0.3, 0.4) is 0 Å². The quantitative estimate of drug-likeness (QED) is 0.419. The molecule has 0 saturated carbocycles. The van der Waals surface area contributed by atoms with Gasteiger partial charge in [0.05, 0.1) is 17.1 Å². The molecule has 0 bridgehead atoms. The molecule has 0 aliphatic heterocycles. The van der Waals surface area contributed by atoms with Crippen LogP contribution in [0.1, 0.15) is 37.0 Å². The molecule has 0 fully saturated rings. The first-order chi connectivity index (χ1) is 14.2. The minimum atomic E-state index is -3.92. The number of unbranched alkanes of at least 4 members (excludes halogenated alkanes) is 1. The van der Waals surface area contributed by atoms with E-state index < -0.39 is 21.8 Å². The Kier molecular flexibility index (Phi) is 8.31. The third kappa shape index (κ3) is 6.82. The van der Waals surface area contributed by atoms with Crippen molar-refractivity contribution in [2.24, 2.45) is 0 Å². The van der Waals surface area contributed by atoms with E-state index in [1.807, 2.05) is 11.6 Å². The molecule has 2 amide bonds. The standard InChI is InChI=1S/C20H23N3O5S2/c1-3-4-13-28-18-8-6-5-7-17(18)19(25)22-20(29)21-15-9-11-16(12-10-15)30(26,27)23-14(2)24/h5-12H,3-4,13H2,1-2H3,(H,23,24)(H2,21,22,25,29). The van der Waals surface area contributed by atoms with Crippen LogP contribution in [0.5, 0.6) is 5.75 Å². The first kappa shape index (κ1) is 23.3. The summed E-state index contributed by atoms with van der Waals surface area (Å²) in [5, 5.41) is 5.43. The monoisotopic (exact) mass is 449 g/mol. The first-order valence-corrected chi connectivity index (χ1v) is 11.1. The molecule has 0 aromatic heterocycles. The molecule has 160 valence electrons. The van der Waals surface area contributed by atoms with Crippen molar-refractivity contribution < 1.29 is 22.7 Å². The molecular formula is C20H23N3O5S2. The Balaban J connectivity index is 2.01. The lowest BCUT2D eigenvalue weighted by Gasteiger charge is -2.13. The number of ether oxygens (including phenoxy) is 1. The van der Waals surface area contributed by atoms with Gasteiger partial charge in [-0.2, -0.15) is 0 Å². The highest BCUT2D eigenvalue weighted by molar-refractivity contribution is 7.90. The molecule has 0 saturated heterocycles. The number of benzene rings is 2. The molecule has 2 rings (SSSR count). The zero-order chi connectivity index (χ0) is 22.1. The summed E-state index contributed by atoms with van der Waals surface area (Å²) in [7, 11) is -3.92. The van der Waals surface area contributed by atoms with Crippen molar-refractivity contribution in [1.82, 2.24) is 10.0 Å². The minimum absolute atomic E-state index is 0.0424. The number of thiocarbonyl (C=S) groups is 1. The Hall–Kier alpha value is -2.98. The lowest BCUT2D eigenvalue weighted by molar-refractivity contribution is -0.117. The molecule has 2 aromatic rings. The zero-order valence-electron chi connectivity index (χ0n) is 16.6. The summed E-state index contributed by atoms with van der Waals surface area (Å²) < 4.78 is 31.5. The van der Waals surface area contributed by atoms with Gasteiger partial charge in [0.2, 0.25) is 5.91 Å². The fourth-order valence-electron chi connectivity index (χ4n) is 2.40. The van der Waals surface area contributed by atoms with Gasteiger partial charge < -0.3 is 10.1 Å². The van der Waals surface area contributed by atoms with Crippen molar-refractivity contribution >= 4 is 44.9 Å². The van der Waals surface area contributed by atoms with Crippen LogP contribution in [0.4, 0.5) is 5.69 Å². The summed E-state index contributed by atoms with van der Waals surface area (Å²) in [4.78, 5) is 23.5. The van der Waals surface area contributed by atoms with E-state index in [9.17, 15) is 18.0 Å². The van der Waals surface area contributed by atoms with Gasteiger partial charge in [-0.3, -0.25) is 14.9 Å². The van der Waals surface area contributed by atoms with Crippen LogP contribution in [0, 0.1) is 0 Å². The topological polar surface area (TPSA) is 114 Å². The number of nitrogens with one attached hydrogen (secondary N) is 3. The van der Waals surface area contributed by atoms with Gasteiger partial charge in [0.25, 0.3) is 15.9 Å². The van der Waals surface area contributed by atoms with Gasteiger partial charge in [-0.05, 0) is 55.0 Å². The van der Waals surface area contributed by atoms with Crippen molar-refractivity contribution in [2.75, 3.05) is 11.9 Å². The Labute approximate surface area is 181 Å². The minimum Gasteiger partial charge on any atom is -0.493 e. The van der Waals surface area contributed by atoms with Crippen LogP contribution in [-0.2, 0) is 14.8 Å². The molecule has 0 aliphatic carbocycles. The van der Waals surface area contributed by atoms with Gasteiger partial charge >= 0.3 is 0 Å². The molecule has 2 aromatic carbocycles. The summed E-state index contributed by atoms with van der Waals surface area (Å²) in [6.45, 7) is 3.67. The van der Waals surface area contributed by atoms with Crippen LogP contribution in [-0.4, -0.2) is 32.0 Å². The fraction of sp³-hybridized carbons (Fsp3) is 0.250. The van der Waals surface area contributed by atoms with Gasteiger partial charge in [-0.1, -0.05) is 25.5 Å². The van der Waals surface area contributed by atoms with Crippen molar-refractivity contribution in [3.8, 4) is 5.75 Å². The number of carbonyl (C=O) groups is 2. The molecule has 0 spiro atoms. The van der Waals surface area contributed by atoms with Crippen molar-refractivity contribution in [3.05, 3.63) is 54.1 Å². The lowest BCUT2D eigenvalue weighted by Crippen LogP contribution is -2.34. The molecule has 0 radical (unpaired) electrons. The average molecular weight is 450 g/mol. The van der Waals surface area contributed by atoms with E-state index in [4.69, 9.17) is 17.0 Å². The van der Waals surface area contributed by atoms with E-state index in [-0.39, 0.29) is 10.0 Å². The predicted molar refractivity (Wildman–Crippen MR) is 118 cm³/mol. The Morgan fingerprint density at radius 3 is 2.37 bits per heavy atom. The third-order valence-corrected chi connectivity index (χ3v) is 5.47. The molecule has 8 nitrogen and oxygen atoms in total. The van der Waals surface area contributed by atoms with Gasteiger partial charge in [0, 0.05) is 12.6 Å². The van der Waals surface area contributed by atoms with Crippen LogP contribution < -0.4 is 20.1 Å². The van der Waals surface area contributed by atoms with Crippen molar-refractivity contribution in [1.29, 1.82) is 0 Å². The number of rotatable bonds is 8. The van der Waals surface area contributed by atoms with E-state index in [0.717, 1.165) is 19.8 Å². The van der Waals surface area contributed by atoms with Gasteiger partial charge in [-0.15, -0.1) is 0 Å². The molecule has 0 heterocycles. The van der Waals surface area contributed by atoms with E-state index in [0.29, 0.717) is 23.6 Å². The highest BCUT2D eigenvalue weighted by Gasteiger charge is 2.16. The van der Waals surface area contributed by atoms with E-state index in [1.54, 1.807) is 24.3 Å². The average Bonchev–Trinajstić information content (AvgIpc) is 2.68. The van der Waals surface area contributed by atoms with Crippen molar-refractivity contribution in [2.45, 2.75) is 31.6 Å². The second-order valence-electron chi connectivity index (χ2n) is 6.29. The number of para-hydroxylation sites is 1. The molecule has 30 heavy (non-hydrogen) atoms. The van der Waals surface area contributed by atoms with Crippen LogP contribution >= 0.6 is 12.2 Å². The molecule has 0 atom stereocenters. The van der Waals surface area contributed by atoms with E-state index in [1.165, 1.54) is 24.3 Å². The third-order valence-electron chi connectivity index (χ3n) is 3.81. The maximum Gasteiger partial charge on any atom is 0.264 e. The second-order valence-corrected chi connectivity index (χ2v) is 8.38. The van der Waals surface area contributed by atoms with Crippen LogP contribution in [0.25, 0.3) is 0 Å². The van der Waals surface area contributed by atoms with Gasteiger partial charge in [-0.25, -0.2) is 13.1 Å². The van der Waals surface area contributed by atoms with Crippen LogP contribution in [0.15, 0.2) is 53.4 Å². The molecule has 0 unspecified atom stereocenters. The maximum absolute atomic E-state index is 12.5. The van der Waals surface area contributed by atoms with Crippen molar-refractivity contribution in [3.63, 3.8) is 0 Å². The summed E-state index contributed by atoms with van der Waals surface area (Å²) in [5.74, 6) is -0.636. The highest BCUT2D eigenvalue weighted by atomic mass is 32.2. The second kappa shape index (κ2) is 10.7. The lowest BCUT2D eigenvalue weighted by atomic mass is 10.2. The maximum atomic E-state index is 12.5. The predicted octanol–water partition coefficient (Wildman–Crippen LogP) is 2.82. The Bertz CT molecular complexity index is 1020. The van der Waals surface area contributed by atoms with Gasteiger partial charge in [0.15, 0.2) is 5.11 Å². The molecule has 3 N–H and O–H groups in total. The molecule has 10 heteroatoms. The first-order valence-electron chi connectivity index (χ1n) is 9.20. The van der Waals surface area contributed by atoms with E-state index in [2.05, 4.69) is 10.6 Å². The number of carbonyl (C=O) groups excluding carboxylic acids is 2. The number of sulfonamides is 1. The normalized spacial score (nSPS) is 10.7. The fourth-order valence-corrected chi connectivity index (χ4v) is 3.61. The van der Waals surface area contributed by atoms with E-state index >= 15 is 0 Å². The summed E-state index contributed by atoms with van der Waals surface area (Å²) in [6, 6.07) is 12.4. The summed E-state index contributed by atoms with van der Waals surface area (Å²) in [5.41, 5.74) is 0.823. The largest absolute Gasteiger partial charge is 0.493 e. The zero-order valence-corrected chi connectivity index (χ0v) is 18.2. The number of hydrogen-bond donors (Lipinski definition) is 3. The van der Waals surface area contributed by atoms with Crippen LogP contribution in [0.2, 0.25) is 0 Å². The Morgan fingerprint density at radius 2 is 1.73 bits per heavy atom. The highest BCUT2D eigenvalue weighted by Crippen LogP contribution is 2.18. The summed E-state index contributed by atoms with van der Waals surface area (Å²) in [6.07, 6.45) is 1.86. The number of hydrogen-bond acceptors (Lipinski definition) is 6. The SMILES string of the molecule is CCCCOc1ccccc1C(=O)NC(=S)Nc1ccc(S(=O)(=O)NC(C)=O)cc1.